The van der Waals surface area contributed by atoms with Gasteiger partial charge in [-0.15, -0.1) is 0 Å². The van der Waals surface area contributed by atoms with E-state index in [4.69, 9.17) is 10.00 Å². The Bertz CT molecular complexity index is 539. The quantitative estimate of drug-likeness (QED) is 0.674. The number of nitrogens with zero attached hydrogens (tertiary/aromatic N) is 2. The molecule has 0 heterocycles. The van der Waals surface area contributed by atoms with Crippen LogP contribution in [0.2, 0.25) is 0 Å². The van der Waals surface area contributed by atoms with Gasteiger partial charge in [0.2, 0.25) is 0 Å². The average Bonchev–Trinajstić information content (AvgIpc) is 2.48. The fourth-order valence-electron chi connectivity index (χ4n) is 2.62. The van der Waals surface area contributed by atoms with Crippen molar-refractivity contribution < 1.29 is 9.66 Å². The molecule has 2 rings (SSSR count). The lowest BCUT2D eigenvalue weighted by molar-refractivity contribution is -0.384. The van der Waals surface area contributed by atoms with Gasteiger partial charge in [0, 0.05) is 13.2 Å². The molecule has 1 N–H and O–H groups in total. The molecule has 6 nitrogen and oxygen atoms in total. The highest BCUT2D eigenvalue weighted by Crippen LogP contribution is 2.30. The van der Waals surface area contributed by atoms with Gasteiger partial charge < -0.3 is 10.1 Å². The SMILES string of the molecule is COC1CCCCC1Nc1ccc(C#N)cc1[N+](=O)[O-]. The van der Waals surface area contributed by atoms with E-state index in [2.05, 4.69) is 5.32 Å². The summed E-state index contributed by atoms with van der Waals surface area (Å²) in [6.07, 6.45) is 4.15. The first-order valence-electron chi connectivity index (χ1n) is 6.63. The summed E-state index contributed by atoms with van der Waals surface area (Å²) in [5, 5.41) is 23.1. The second kappa shape index (κ2) is 6.35. The first-order valence-corrected chi connectivity index (χ1v) is 6.63. The Kier molecular flexibility index (Phi) is 4.53. The summed E-state index contributed by atoms with van der Waals surface area (Å²) in [6.45, 7) is 0. The summed E-state index contributed by atoms with van der Waals surface area (Å²) in [5.74, 6) is 0. The molecule has 2 atom stereocenters. The molecule has 0 saturated heterocycles. The normalized spacial score (nSPS) is 22.0. The van der Waals surface area contributed by atoms with Crippen molar-refractivity contribution in [3.05, 3.63) is 33.9 Å². The van der Waals surface area contributed by atoms with Crippen LogP contribution in [0.3, 0.4) is 0 Å². The number of hydrogen-bond acceptors (Lipinski definition) is 5. The Hall–Kier alpha value is -2.13. The Balaban J connectivity index is 2.24. The first-order chi connectivity index (χ1) is 9.65. The predicted octanol–water partition coefficient (Wildman–Crippen LogP) is 2.84. The van der Waals surface area contributed by atoms with Crippen LogP contribution >= 0.6 is 0 Å². The molecular formula is C14H17N3O3. The highest BCUT2D eigenvalue weighted by atomic mass is 16.6. The molecule has 1 aromatic carbocycles. The number of nitrogens with one attached hydrogen (secondary N) is 1. The minimum absolute atomic E-state index is 0.0653. The second-order valence-electron chi connectivity index (χ2n) is 4.91. The van der Waals surface area contributed by atoms with E-state index in [9.17, 15) is 10.1 Å². The Morgan fingerprint density at radius 2 is 2.20 bits per heavy atom. The topological polar surface area (TPSA) is 88.2 Å². The van der Waals surface area contributed by atoms with Gasteiger partial charge in [-0.3, -0.25) is 10.1 Å². The van der Waals surface area contributed by atoms with E-state index in [0.29, 0.717) is 5.69 Å². The van der Waals surface area contributed by atoms with E-state index < -0.39 is 4.92 Å². The molecule has 1 fully saturated rings. The van der Waals surface area contributed by atoms with Crippen LogP contribution in [0.15, 0.2) is 18.2 Å². The van der Waals surface area contributed by atoms with Crippen LogP contribution < -0.4 is 5.32 Å². The maximum Gasteiger partial charge on any atom is 0.293 e. The summed E-state index contributed by atoms with van der Waals surface area (Å²) in [7, 11) is 1.66. The third-order valence-corrected chi connectivity index (χ3v) is 3.67. The molecule has 0 aromatic heterocycles. The molecule has 0 amide bonds. The molecule has 0 spiro atoms. The number of ether oxygens (including phenoxy) is 1. The first kappa shape index (κ1) is 14.3. The molecular weight excluding hydrogens is 258 g/mol. The van der Waals surface area contributed by atoms with Crippen molar-refractivity contribution in [3.63, 3.8) is 0 Å². The summed E-state index contributed by atoms with van der Waals surface area (Å²) >= 11 is 0. The van der Waals surface area contributed by atoms with Gasteiger partial charge in [0.15, 0.2) is 0 Å². The van der Waals surface area contributed by atoms with Crippen molar-refractivity contribution in [2.75, 3.05) is 12.4 Å². The largest absolute Gasteiger partial charge is 0.379 e. The zero-order valence-electron chi connectivity index (χ0n) is 11.3. The van der Waals surface area contributed by atoms with Gasteiger partial charge in [-0.25, -0.2) is 0 Å². The predicted molar refractivity (Wildman–Crippen MR) is 74.5 cm³/mol. The number of nitriles is 1. The number of methoxy groups -OCH3 is 1. The molecule has 0 aliphatic heterocycles. The fourth-order valence-corrected chi connectivity index (χ4v) is 2.62. The molecule has 6 heteroatoms. The maximum absolute atomic E-state index is 11.1. The fraction of sp³-hybridized carbons (Fsp3) is 0.500. The van der Waals surface area contributed by atoms with E-state index in [1.807, 2.05) is 6.07 Å². The van der Waals surface area contributed by atoms with Crippen LogP contribution in [0.4, 0.5) is 11.4 Å². The number of nitro benzene ring substituents is 1. The lowest BCUT2D eigenvalue weighted by Gasteiger charge is -2.31. The minimum atomic E-state index is -0.464. The lowest BCUT2D eigenvalue weighted by Crippen LogP contribution is -2.37. The summed E-state index contributed by atoms with van der Waals surface area (Å²) in [5.41, 5.74) is 0.668. The zero-order valence-corrected chi connectivity index (χ0v) is 11.3. The van der Waals surface area contributed by atoms with E-state index in [1.165, 1.54) is 6.07 Å². The van der Waals surface area contributed by atoms with Crippen LogP contribution in [-0.4, -0.2) is 24.2 Å². The summed E-state index contributed by atoms with van der Waals surface area (Å²) < 4.78 is 5.44. The van der Waals surface area contributed by atoms with Crippen LogP contribution in [0, 0.1) is 21.4 Å². The number of rotatable bonds is 4. The standard InChI is InChI=1S/C14H17N3O3/c1-20-14-5-3-2-4-12(14)16-11-7-6-10(9-15)8-13(11)17(18)19/h6-8,12,14,16H,2-5H2,1H3. The maximum atomic E-state index is 11.1. The van der Waals surface area contributed by atoms with E-state index in [1.54, 1.807) is 19.2 Å². The molecule has 20 heavy (non-hydrogen) atoms. The zero-order chi connectivity index (χ0) is 14.5. The van der Waals surface area contributed by atoms with E-state index in [0.717, 1.165) is 25.7 Å². The molecule has 0 bridgehead atoms. The molecule has 1 aromatic rings. The van der Waals surface area contributed by atoms with Crippen molar-refractivity contribution in [2.24, 2.45) is 0 Å². The number of hydrogen-bond donors (Lipinski definition) is 1. The smallest absolute Gasteiger partial charge is 0.293 e. The van der Waals surface area contributed by atoms with Crippen LogP contribution in [0.5, 0.6) is 0 Å². The van der Waals surface area contributed by atoms with Gasteiger partial charge in [-0.1, -0.05) is 12.8 Å². The highest BCUT2D eigenvalue weighted by Gasteiger charge is 2.27. The second-order valence-corrected chi connectivity index (χ2v) is 4.91. The molecule has 1 saturated carbocycles. The highest BCUT2D eigenvalue weighted by molar-refractivity contribution is 5.64. The van der Waals surface area contributed by atoms with Crippen molar-refractivity contribution in [2.45, 2.75) is 37.8 Å². The van der Waals surface area contributed by atoms with Gasteiger partial charge in [-0.2, -0.15) is 5.26 Å². The monoisotopic (exact) mass is 275 g/mol. The van der Waals surface area contributed by atoms with Crippen molar-refractivity contribution >= 4 is 11.4 Å². The van der Waals surface area contributed by atoms with Gasteiger partial charge in [0.25, 0.3) is 5.69 Å². The summed E-state index contributed by atoms with van der Waals surface area (Å²) in [6, 6.07) is 6.46. The molecule has 0 radical (unpaired) electrons. The van der Waals surface area contributed by atoms with Crippen LogP contribution in [0.1, 0.15) is 31.2 Å². The number of benzene rings is 1. The average molecular weight is 275 g/mol. The summed E-state index contributed by atoms with van der Waals surface area (Å²) in [4.78, 5) is 10.6. The van der Waals surface area contributed by atoms with Gasteiger partial charge >= 0.3 is 0 Å². The molecule has 2 unspecified atom stereocenters. The van der Waals surface area contributed by atoms with Gasteiger partial charge in [0.1, 0.15) is 5.69 Å². The third-order valence-electron chi connectivity index (χ3n) is 3.67. The van der Waals surface area contributed by atoms with Gasteiger partial charge in [-0.05, 0) is 25.0 Å². The third kappa shape index (κ3) is 3.06. The Morgan fingerprint density at radius 3 is 2.85 bits per heavy atom. The van der Waals surface area contributed by atoms with Crippen molar-refractivity contribution in [3.8, 4) is 6.07 Å². The van der Waals surface area contributed by atoms with Gasteiger partial charge in [0.05, 0.1) is 28.7 Å². The van der Waals surface area contributed by atoms with E-state index >= 15 is 0 Å². The van der Waals surface area contributed by atoms with Crippen LogP contribution in [0.25, 0.3) is 0 Å². The lowest BCUT2D eigenvalue weighted by atomic mass is 9.92. The Morgan fingerprint density at radius 1 is 1.45 bits per heavy atom. The van der Waals surface area contributed by atoms with Crippen molar-refractivity contribution in [1.82, 2.24) is 0 Å². The van der Waals surface area contributed by atoms with Crippen LogP contribution in [-0.2, 0) is 4.74 Å². The van der Waals surface area contributed by atoms with E-state index in [-0.39, 0.29) is 23.4 Å². The van der Waals surface area contributed by atoms with Crippen molar-refractivity contribution in [1.29, 1.82) is 5.26 Å². The number of nitro groups is 1. The molecule has 106 valence electrons. The Labute approximate surface area is 117 Å². The molecule has 1 aliphatic carbocycles. The number of anilines is 1. The molecule has 1 aliphatic rings. The minimum Gasteiger partial charge on any atom is -0.379 e.